The number of aromatic nitrogens is 3. The van der Waals surface area contributed by atoms with Gasteiger partial charge in [-0.3, -0.25) is 9.67 Å². The van der Waals surface area contributed by atoms with Crippen molar-refractivity contribution in [1.82, 2.24) is 14.8 Å². The summed E-state index contributed by atoms with van der Waals surface area (Å²) in [7, 11) is 1.96. The van der Waals surface area contributed by atoms with E-state index in [1.165, 1.54) is 40.7 Å². The van der Waals surface area contributed by atoms with E-state index >= 15 is 0 Å². The molecule has 5 heteroatoms. The molecule has 0 saturated carbocycles. The lowest BCUT2D eigenvalue weighted by molar-refractivity contribution is 0.668. The lowest BCUT2D eigenvalue weighted by Gasteiger charge is -2.28. The number of pyridine rings is 1. The molecule has 1 saturated heterocycles. The fourth-order valence-corrected chi connectivity index (χ4v) is 4.50. The Labute approximate surface area is 153 Å². The highest BCUT2D eigenvalue weighted by molar-refractivity contribution is 5.97. The Morgan fingerprint density at radius 2 is 2.04 bits per heavy atom. The largest absolute Gasteiger partial charge is 0.369 e. The van der Waals surface area contributed by atoms with E-state index in [2.05, 4.69) is 34.4 Å². The average Bonchev–Trinajstić information content (AvgIpc) is 3.27. The van der Waals surface area contributed by atoms with Gasteiger partial charge in [-0.2, -0.15) is 5.10 Å². The number of anilines is 1. The second kappa shape index (κ2) is 6.09. The Bertz CT molecular complexity index is 974. The van der Waals surface area contributed by atoms with Crippen molar-refractivity contribution in [2.24, 2.45) is 12.8 Å². The Morgan fingerprint density at radius 1 is 1.15 bits per heavy atom. The van der Waals surface area contributed by atoms with E-state index in [0.717, 1.165) is 43.4 Å². The summed E-state index contributed by atoms with van der Waals surface area (Å²) < 4.78 is 1.85. The van der Waals surface area contributed by atoms with Crippen LogP contribution in [-0.4, -0.2) is 33.9 Å². The second-order valence-corrected chi connectivity index (χ2v) is 7.72. The first kappa shape index (κ1) is 15.8. The van der Waals surface area contributed by atoms with Crippen LogP contribution in [0.3, 0.4) is 0 Å². The molecule has 2 aromatic heterocycles. The van der Waals surface area contributed by atoms with Crippen LogP contribution in [-0.2, 0) is 19.9 Å². The fraction of sp³-hybridized carbons (Fsp3) is 0.429. The van der Waals surface area contributed by atoms with Gasteiger partial charge in [0.2, 0.25) is 0 Å². The molecule has 1 atom stereocenters. The van der Waals surface area contributed by atoms with Gasteiger partial charge in [0.05, 0.1) is 17.4 Å². The fourth-order valence-electron chi connectivity index (χ4n) is 4.50. The van der Waals surface area contributed by atoms with Crippen LogP contribution in [0.25, 0.3) is 22.0 Å². The summed E-state index contributed by atoms with van der Waals surface area (Å²) in [5.74, 6) is 0. The number of hydrogen-bond donors (Lipinski definition) is 1. The summed E-state index contributed by atoms with van der Waals surface area (Å²) in [5.41, 5.74) is 13.8. The van der Waals surface area contributed by atoms with E-state index in [4.69, 9.17) is 10.7 Å². The smallest absolute Gasteiger partial charge is 0.0726 e. The van der Waals surface area contributed by atoms with Crippen LogP contribution in [0.15, 0.2) is 30.6 Å². The molecule has 5 nitrogen and oxygen atoms in total. The number of nitrogens with two attached hydrogens (primary N) is 1. The molecule has 26 heavy (non-hydrogen) atoms. The highest BCUT2D eigenvalue weighted by Crippen LogP contribution is 2.38. The van der Waals surface area contributed by atoms with E-state index in [0.29, 0.717) is 0 Å². The van der Waals surface area contributed by atoms with Gasteiger partial charge in [0, 0.05) is 49.0 Å². The number of rotatable bonds is 2. The second-order valence-electron chi connectivity index (χ2n) is 7.72. The van der Waals surface area contributed by atoms with E-state index in [1.807, 2.05) is 17.9 Å². The highest BCUT2D eigenvalue weighted by atomic mass is 15.2. The molecule has 0 radical (unpaired) electrons. The summed E-state index contributed by atoms with van der Waals surface area (Å²) in [5, 5.41) is 5.59. The maximum absolute atomic E-state index is 6.24. The molecule has 0 amide bonds. The molecule has 1 aromatic carbocycles. The number of hydrogen-bond acceptors (Lipinski definition) is 4. The zero-order chi connectivity index (χ0) is 17.7. The van der Waals surface area contributed by atoms with Crippen molar-refractivity contribution in [3.05, 3.63) is 41.9 Å². The molecular formula is C21H25N5. The van der Waals surface area contributed by atoms with Gasteiger partial charge >= 0.3 is 0 Å². The zero-order valence-corrected chi connectivity index (χ0v) is 15.3. The summed E-state index contributed by atoms with van der Waals surface area (Å²) in [4.78, 5) is 7.53. The Morgan fingerprint density at radius 3 is 2.81 bits per heavy atom. The molecule has 3 heterocycles. The predicted molar refractivity (Wildman–Crippen MR) is 105 cm³/mol. The van der Waals surface area contributed by atoms with Crippen LogP contribution >= 0.6 is 0 Å². The number of nitrogens with zero attached hydrogens (tertiary/aromatic N) is 4. The number of fused-ring (bicyclic) bond motifs is 2. The maximum Gasteiger partial charge on any atom is 0.0726 e. The van der Waals surface area contributed by atoms with Gasteiger partial charge in [-0.1, -0.05) is 6.07 Å². The monoisotopic (exact) mass is 347 g/mol. The van der Waals surface area contributed by atoms with Crippen molar-refractivity contribution < 1.29 is 0 Å². The summed E-state index contributed by atoms with van der Waals surface area (Å²) in [6, 6.07) is 6.92. The maximum atomic E-state index is 6.24. The van der Waals surface area contributed by atoms with E-state index in [9.17, 15) is 0 Å². The minimum atomic E-state index is 0.277. The Kier molecular flexibility index (Phi) is 3.71. The minimum Gasteiger partial charge on any atom is -0.369 e. The molecule has 1 aliphatic heterocycles. The van der Waals surface area contributed by atoms with Crippen molar-refractivity contribution in [2.75, 3.05) is 18.0 Å². The van der Waals surface area contributed by atoms with Gasteiger partial charge in [-0.15, -0.1) is 0 Å². The van der Waals surface area contributed by atoms with E-state index in [-0.39, 0.29) is 6.04 Å². The van der Waals surface area contributed by atoms with Gasteiger partial charge in [0.25, 0.3) is 0 Å². The summed E-state index contributed by atoms with van der Waals surface area (Å²) in [6.45, 7) is 1.99. The minimum absolute atomic E-state index is 0.277. The van der Waals surface area contributed by atoms with Crippen molar-refractivity contribution in [1.29, 1.82) is 0 Å². The van der Waals surface area contributed by atoms with Gasteiger partial charge in [0.15, 0.2) is 0 Å². The number of aryl methyl sites for hydroxylation is 2. The van der Waals surface area contributed by atoms with Crippen molar-refractivity contribution >= 4 is 16.6 Å². The van der Waals surface area contributed by atoms with Gasteiger partial charge < -0.3 is 10.6 Å². The first-order valence-corrected chi connectivity index (χ1v) is 9.64. The molecular weight excluding hydrogens is 322 g/mol. The SMILES string of the molecule is Cn1cc(-c2ccc3nc4c(c(N5CC[C@H](N)C5)c3c2)CCCC4)cn1. The summed E-state index contributed by atoms with van der Waals surface area (Å²) >= 11 is 0. The van der Waals surface area contributed by atoms with E-state index in [1.54, 1.807) is 0 Å². The standard InChI is InChI=1S/C21H25N5/c1-25-12-15(11-23-25)14-6-7-20-18(10-14)21(26-9-8-16(22)13-26)17-4-2-3-5-19(17)24-20/h6-7,10-12,16H,2-5,8-9,13,22H2,1H3/t16-/m0/s1. The molecule has 0 unspecified atom stereocenters. The van der Waals surface area contributed by atoms with Crippen LogP contribution < -0.4 is 10.6 Å². The van der Waals surface area contributed by atoms with Gasteiger partial charge in [-0.25, -0.2) is 0 Å². The third-order valence-corrected chi connectivity index (χ3v) is 5.81. The third-order valence-electron chi connectivity index (χ3n) is 5.81. The third kappa shape index (κ3) is 2.58. The molecule has 0 bridgehead atoms. The molecule has 2 aliphatic rings. The topological polar surface area (TPSA) is 60.0 Å². The molecule has 1 aliphatic carbocycles. The molecule has 3 aromatic rings. The lowest BCUT2D eigenvalue weighted by Crippen LogP contribution is -2.28. The summed E-state index contributed by atoms with van der Waals surface area (Å²) in [6.07, 6.45) is 9.81. The molecule has 134 valence electrons. The quantitative estimate of drug-likeness (QED) is 0.774. The van der Waals surface area contributed by atoms with Gasteiger partial charge in [-0.05, 0) is 55.4 Å². The highest BCUT2D eigenvalue weighted by Gasteiger charge is 2.26. The van der Waals surface area contributed by atoms with Crippen LogP contribution in [0.4, 0.5) is 5.69 Å². The van der Waals surface area contributed by atoms with Crippen LogP contribution in [0, 0.1) is 0 Å². The molecule has 5 rings (SSSR count). The lowest BCUT2D eigenvalue weighted by atomic mass is 9.91. The average molecular weight is 347 g/mol. The first-order chi connectivity index (χ1) is 12.7. The van der Waals surface area contributed by atoms with Crippen LogP contribution in [0.5, 0.6) is 0 Å². The molecule has 2 N–H and O–H groups in total. The van der Waals surface area contributed by atoms with Crippen LogP contribution in [0.2, 0.25) is 0 Å². The van der Waals surface area contributed by atoms with Crippen LogP contribution in [0.1, 0.15) is 30.5 Å². The Balaban J connectivity index is 1.73. The van der Waals surface area contributed by atoms with Crippen molar-refractivity contribution in [3.8, 4) is 11.1 Å². The van der Waals surface area contributed by atoms with E-state index < -0.39 is 0 Å². The predicted octanol–water partition coefficient (Wildman–Crippen LogP) is 3.05. The first-order valence-electron chi connectivity index (χ1n) is 9.64. The Hall–Kier alpha value is -2.40. The van der Waals surface area contributed by atoms with Crippen molar-refractivity contribution in [3.63, 3.8) is 0 Å². The zero-order valence-electron chi connectivity index (χ0n) is 15.3. The normalized spacial score (nSPS) is 19.9. The van der Waals surface area contributed by atoms with Crippen molar-refractivity contribution in [2.45, 2.75) is 38.1 Å². The molecule has 0 spiro atoms. The molecule has 1 fully saturated rings. The van der Waals surface area contributed by atoms with Gasteiger partial charge in [0.1, 0.15) is 0 Å². The number of benzene rings is 1.